The van der Waals surface area contributed by atoms with Crippen molar-refractivity contribution in [3.63, 3.8) is 0 Å². The first-order valence-corrected chi connectivity index (χ1v) is 11.9. The van der Waals surface area contributed by atoms with E-state index in [0.29, 0.717) is 23.1 Å². The molecule has 0 spiro atoms. The summed E-state index contributed by atoms with van der Waals surface area (Å²) in [5, 5.41) is 21.8. The lowest BCUT2D eigenvalue weighted by Crippen LogP contribution is -2.09. The summed E-state index contributed by atoms with van der Waals surface area (Å²) < 4.78 is 26.8. The number of aryl methyl sites for hydroxylation is 2. The second kappa shape index (κ2) is 9.35. The Morgan fingerprint density at radius 3 is 2.30 bits per heavy atom. The van der Waals surface area contributed by atoms with Crippen LogP contribution < -0.4 is 0 Å². The van der Waals surface area contributed by atoms with Gasteiger partial charge in [0.1, 0.15) is 16.4 Å². The lowest BCUT2D eigenvalue weighted by Gasteiger charge is -2.18. The fourth-order valence-electron chi connectivity index (χ4n) is 3.74. The Hall–Kier alpha value is -2.79. The molecule has 0 atom stereocenters. The van der Waals surface area contributed by atoms with Crippen LogP contribution in [0.5, 0.6) is 11.5 Å². The number of phenolic OH excluding ortho intramolecular Hbond substituents is 2. The smallest absolute Gasteiger partial charge is 0.186 e. The van der Waals surface area contributed by atoms with Crippen LogP contribution in [0.2, 0.25) is 0 Å². The fraction of sp³-hybridized carbons (Fsp3) is 0.280. The third-order valence-electron chi connectivity index (χ3n) is 5.18. The molecular formula is C25H28O4S. The van der Waals surface area contributed by atoms with E-state index in [2.05, 4.69) is 6.92 Å². The Kier molecular flexibility index (Phi) is 6.83. The number of hydrogen-bond donors (Lipinski definition) is 2. The Labute approximate surface area is 178 Å². The Balaban J connectivity index is 2.17. The van der Waals surface area contributed by atoms with Crippen LogP contribution in [0.4, 0.5) is 0 Å². The SMILES string of the molecule is CCCCCc1cc(O)c(-c2cccc(C)c2)c(O)c1S(=O)(=O)Cc1ccccc1. The van der Waals surface area contributed by atoms with Gasteiger partial charge in [-0.15, -0.1) is 0 Å². The van der Waals surface area contributed by atoms with Crippen molar-refractivity contribution >= 4 is 9.84 Å². The first-order chi connectivity index (χ1) is 14.3. The molecule has 0 amide bonds. The van der Waals surface area contributed by atoms with Crippen LogP contribution in [0.15, 0.2) is 65.6 Å². The molecule has 0 unspecified atom stereocenters. The predicted molar refractivity (Wildman–Crippen MR) is 121 cm³/mol. The van der Waals surface area contributed by atoms with Crippen molar-refractivity contribution in [2.75, 3.05) is 0 Å². The molecule has 0 bridgehead atoms. The molecule has 0 aromatic heterocycles. The molecule has 158 valence electrons. The summed E-state index contributed by atoms with van der Waals surface area (Å²) in [6.45, 7) is 3.98. The van der Waals surface area contributed by atoms with Gasteiger partial charge in [-0.1, -0.05) is 79.9 Å². The summed E-state index contributed by atoms with van der Waals surface area (Å²) in [4.78, 5) is -0.0724. The Morgan fingerprint density at radius 1 is 0.900 bits per heavy atom. The summed E-state index contributed by atoms with van der Waals surface area (Å²) in [6.07, 6.45) is 3.20. The van der Waals surface area contributed by atoms with Gasteiger partial charge in [0.15, 0.2) is 9.84 Å². The fourth-order valence-corrected chi connectivity index (χ4v) is 5.47. The number of sulfone groups is 1. The second-order valence-electron chi connectivity index (χ2n) is 7.68. The first-order valence-electron chi connectivity index (χ1n) is 10.2. The molecule has 0 aliphatic rings. The van der Waals surface area contributed by atoms with E-state index in [1.165, 1.54) is 6.07 Å². The van der Waals surface area contributed by atoms with Crippen molar-refractivity contribution < 1.29 is 18.6 Å². The van der Waals surface area contributed by atoms with Crippen molar-refractivity contribution in [1.82, 2.24) is 0 Å². The molecule has 0 heterocycles. The van der Waals surface area contributed by atoms with Crippen LogP contribution in [-0.2, 0) is 22.0 Å². The van der Waals surface area contributed by atoms with Gasteiger partial charge in [-0.25, -0.2) is 8.42 Å². The largest absolute Gasteiger partial charge is 0.507 e. The van der Waals surface area contributed by atoms with Crippen molar-refractivity contribution in [1.29, 1.82) is 0 Å². The van der Waals surface area contributed by atoms with Gasteiger partial charge in [0, 0.05) is 0 Å². The quantitative estimate of drug-likeness (QED) is 0.450. The van der Waals surface area contributed by atoms with Crippen molar-refractivity contribution in [2.24, 2.45) is 0 Å². The van der Waals surface area contributed by atoms with E-state index in [1.54, 1.807) is 30.3 Å². The molecule has 0 fully saturated rings. The zero-order valence-corrected chi connectivity index (χ0v) is 18.2. The third kappa shape index (κ3) is 4.85. The molecule has 3 rings (SSSR count). The maximum Gasteiger partial charge on any atom is 0.186 e. The van der Waals surface area contributed by atoms with Crippen LogP contribution in [0.3, 0.4) is 0 Å². The average Bonchev–Trinajstić information content (AvgIpc) is 2.68. The first kappa shape index (κ1) is 21.9. The minimum atomic E-state index is -3.83. The Bertz CT molecular complexity index is 1120. The average molecular weight is 425 g/mol. The molecule has 2 N–H and O–H groups in total. The van der Waals surface area contributed by atoms with Gasteiger partial charge in [0.05, 0.1) is 11.3 Å². The monoisotopic (exact) mass is 424 g/mol. The highest BCUT2D eigenvalue weighted by Gasteiger charge is 2.28. The zero-order chi connectivity index (χ0) is 21.7. The molecule has 0 aliphatic carbocycles. The van der Waals surface area contributed by atoms with Crippen molar-refractivity contribution in [3.8, 4) is 22.6 Å². The topological polar surface area (TPSA) is 74.6 Å². The number of phenols is 2. The minimum absolute atomic E-state index is 0.0724. The van der Waals surface area contributed by atoms with Gasteiger partial charge in [0.25, 0.3) is 0 Å². The molecule has 5 heteroatoms. The number of aromatic hydroxyl groups is 2. The minimum Gasteiger partial charge on any atom is -0.507 e. The molecule has 3 aromatic rings. The van der Waals surface area contributed by atoms with Gasteiger partial charge < -0.3 is 10.2 Å². The van der Waals surface area contributed by atoms with Gasteiger partial charge in [-0.2, -0.15) is 0 Å². The molecule has 30 heavy (non-hydrogen) atoms. The van der Waals surface area contributed by atoms with Gasteiger partial charge in [-0.05, 0) is 42.5 Å². The summed E-state index contributed by atoms with van der Waals surface area (Å²) in [6, 6.07) is 17.7. The number of rotatable bonds is 8. The zero-order valence-electron chi connectivity index (χ0n) is 17.4. The standard InChI is InChI=1S/C25H28O4S/c1-3-4-6-13-21-16-22(26)23(20-14-9-10-18(2)15-20)24(27)25(21)30(28,29)17-19-11-7-5-8-12-19/h5,7-12,14-16,26-27H,3-4,6,13,17H2,1-2H3. The molecule has 0 aliphatic heterocycles. The van der Waals surface area contributed by atoms with Crippen LogP contribution in [0.25, 0.3) is 11.1 Å². The highest BCUT2D eigenvalue weighted by atomic mass is 32.2. The molecular weight excluding hydrogens is 396 g/mol. The number of benzene rings is 3. The van der Waals surface area contributed by atoms with Gasteiger partial charge in [-0.3, -0.25) is 0 Å². The maximum atomic E-state index is 13.4. The van der Waals surface area contributed by atoms with E-state index < -0.39 is 9.84 Å². The van der Waals surface area contributed by atoms with E-state index in [4.69, 9.17) is 0 Å². The number of hydrogen-bond acceptors (Lipinski definition) is 4. The summed E-state index contributed by atoms with van der Waals surface area (Å²) in [5.74, 6) is -0.688. The van der Waals surface area contributed by atoms with Crippen LogP contribution in [0, 0.1) is 6.92 Å². The van der Waals surface area contributed by atoms with E-state index in [0.717, 1.165) is 24.8 Å². The number of unbranched alkanes of at least 4 members (excludes halogenated alkanes) is 2. The lowest BCUT2D eigenvalue weighted by atomic mass is 9.97. The predicted octanol–water partition coefficient (Wildman–Crippen LogP) is 5.78. The van der Waals surface area contributed by atoms with Crippen LogP contribution >= 0.6 is 0 Å². The highest BCUT2D eigenvalue weighted by Crippen LogP contribution is 2.44. The van der Waals surface area contributed by atoms with Crippen LogP contribution in [-0.4, -0.2) is 18.6 Å². The van der Waals surface area contributed by atoms with E-state index in [1.807, 2.05) is 31.2 Å². The van der Waals surface area contributed by atoms with E-state index in [-0.39, 0.29) is 27.7 Å². The second-order valence-corrected chi connectivity index (χ2v) is 9.61. The summed E-state index contributed by atoms with van der Waals surface area (Å²) in [5.41, 5.74) is 2.81. The highest BCUT2D eigenvalue weighted by molar-refractivity contribution is 7.90. The van der Waals surface area contributed by atoms with Gasteiger partial charge in [0.2, 0.25) is 0 Å². The van der Waals surface area contributed by atoms with Gasteiger partial charge >= 0.3 is 0 Å². The van der Waals surface area contributed by atoms with Crippen molar-refractivity contribution in [3.05, 3.63) is 77.4 Å². The lowest BCUT2D eigenvalue weighted by molar-refractivity contribution is 0.440. The molecule has 0 saturated carbocycles. The van der Waals surface area contributed by atoms with E-state index >= 15 is 0 Å². The summed E-state index contributed by atoms with van der Waals surface area (Å²) >= 11 is 0. The molecule has 3 aromatic carbocycles. The molecule has 0 radical (unpaired) electrons. The van der Waals surface area contributed by atoms with Crippen LogP contribution in [0.1, 0.15) is 42.9 Å². The molecule has 4 nitrogen and oxygen atoms in total. The third-order valence-corrected chi connectivity index (χ3v) is 6.97. The van der Waals surface area contributed by atoms with Crippen molar-refractivity contribution in [2.45, 2.75) is 50.2 Å². The summed E-state index contributed by atoms with van der Waals surface area (Å²) in [7, 11) is -3.83. The molecule has 0 saturated heterocycles. The Morgan fingerprint density at radius 2 is 1.63 bits per heavy atom. The van der Waals surface area contributed by atoms with E-state index in [9.17, 15) is 18.6 Å². The normalized spacial score (nSPS) is 11.5. The maximum absolute atomic E-state index is 13.4.